The summed E-state index contributed by atoms with van der Waals surface area (Å²) in [6.45, 7) is 2.66. The number of carboxylic acids is 2. The van der Waals surface area contributed by atoms with Gasteiger partial charge in [0.1, 0.15) is 12.2 Å². The first-order chi connectivity index (χ1) is 15.7. The highest BCUT2D eigenvalue weighted by molar-refractivity contribution is 5.75. The normalized spacial score (nSPS) is 14.6. The second-order valence-electron chi connectivity index (χ2n) is 8.57. The minimum Gasteiger partial charge on any atom is -0.479 e. The molecule has 0 bridgehead atoms. The van der Waals surface area contributed by atoms with Crippen LogP contribution in [-0.2, 0) is 9.59 Å². The van der Waals surface area contributed by atoms with E-state index in [1.54, 1.807) is 0 Å². The molecule has 198 valence electrons. The number of hydrogen-bond donors (Lipinski definition) is 7. The molecule has 4 atom stereocenters. The second kappa shape index (κ2) is 23.9. The van der Waals surface area contributed by atoms with Gasteiger partial charge in [0.2, 0.25) is 0 Å². The van der Waals surface area contributed by atoms with Gasteiger partial charge < -0.3 is 35.7 Å². The van der Waals surface area contributed by atoms with Crippen molar-refractivity contribution in [3.63, 3.8) is 0 Å². The molecule has 0 saturated carbocycles. The fraction of sp³-hybridized carbons (Fsp3) is 0.917. The molecule has 9 heteroatoms. The van der Waals surface area contributed by atoms with E-state index in [0.717, 1.165) is 6.42 Å². The molecule has 0 radical (unpaired) electrons. The van der Waals surface area contributed by atoms with Crippen molar-refractivity contribution in [2.75, 3.05) is 6.61 Å². The van der Waals surface area contributed by atoms with Crippen molar-refractivity contribution in [2.24, 2.45) is 0 Å². The lowest BCUT2D eigenvalue weighted by molar-refractivity contribution is -0.172. The van der Waals surface area contributed by atoms with E-state index >= 15 is 0 Å². The Morgan fingerprint density at radius 3 is 0.970 bits per heavy atom. The molecule has 33 heavy (non-hydrogen) atoms. The molecular weight excluding hydrogens is 432 g/mol. The van der Waals surface area contributed by atoms with Crippen molar-refractivity contribution in [1.82, 2.24) is 0 Å². The molecule has 0 spiro atoms. The van der Waals surface area contributed by atoms with Crippen LogP contribution in [0.4, 0.5) is 0 Å². The van der Waals surface area contributed by atoms with Crippen molar-refractivity contribution < 1.29 is 45.3 Å². The Morgan fingerprint density at radius 2 is 0.758 bits per heavy atom. The second-order valence-corrected chi connectivity index (χ2v) is 8.57. The lowest BCUT2D eigenvalue weighted by Gasteiger charge is -2.21. The maximum Gasteiger partial charge on any atom is 0.335 e. The zero-order valence-electron chi connectivity index (χ0n) is 20.3. The zero-order chi connectivity index (χ0) is 25.5. The molecule has 0 rings (SSSR count). The third kappa shape index (κ3) is 21.0. The van der Waals surface area contributed by atoms with Gasteiger partial charge in [0.05, 0.1) is 0 Å². The van der Waals surface area contributed by atoms with Gasteiger partial charge in [-0.15, -0.1) is 0 Å². The smallest absolute Gasteiger partial charge is 0.335 e. The number of unbranched alkanes of at least 4 members (excludes halogenated alkanes) is 15. The molecule has 0 saturated heterocycles. The molecule has 9 nitrogen and oxygen atoms in total. The number of aliphatic hydroxyl groups excluding tert-OH is 5. The van der Waals surface area contributed by atoms with Gasteiger partial charge in [0, 0.05) is 6.61 Å². The van der Waals surface area contributed by atoms with E-state index in [4.69, 9.17) is 35.7 Å². The number of aliphatic carboxylic acids is 2. The topological polar surface area (TPSA) is 176 Å². The molecule has 0 aromatic rings. The van der Waals surface area contributed by atoms with Crippen LogP contribution in [0.15, 0.2) is 0 Å². The fourth-order valence-corrected chi connectivity index (χ4v) is 3.33. The number of hydrogen-bond acceptors (Lipinski definition) is 7. The van der Waals surface area contributed by atoms with Crippen LogP contribution in [0, 0.1) is 0 Å². The van der Waals surface area contributed by atoms with Gasteiger partial charge in [-0.25, -0.2) is 9.59 Å². The molecule has 0 aliphatic carbocycles. The average Bonchev–Trinajstić information content (AvgIpc) is 2.79. The number of carbonyl (C=O) groups is 2. The summed E-state index contributed by atoms with van der Waals surface area (Å²) in [5, 5.41) is 60.1. The summed E-state index contributed by atoms with van der Waals surface area (Å²) in [5.41, 5.74) is 0. The standard InChI is InChI=1S/C18H38O.C6H10O8/c1-2-3-4-5-6-7-8-9-10-11-12-13-14-15-16-17-18-19;7-1(3(9)5(11)12)2(8)4(10)6(13)14/h19H,2-18H2,1H3;1-4,7-10H,(H,11,12)(H,13,14)/t;1-,2-,3-,4+/m.0/s1. The lowest BCUT2D eigenvalue weighted by atomic mass is 10.0. The van der Waals surface area contributed by atoms with E-state index < -0.39 is 36.4 Å². The van der Waals surface area contributed by atoms with E-state index in [-0.39, 0.29) is 0 Å². The lowest BCUT2D eigenvalue weighted by Crippen LogP contribution is -2.49. The monoisotopic (exact) mass is 480 g/mol. The molecule has 0 fully saturated rings. The highest BCUT2D eigenvalue weighted by Gasteiger charge is 2.37. The van der Waals surface area contributed by atoms with Crippen LogP contribution >= 0.6 is 0 Å². The molecular formula is C24H48O9. The van der Waals surface area contributed by atoms with Crippen LogP contribution < -0.4 is 0 Å². The summed E-state index contributed by atoms with van der Waals surface area (Å²) >= 11 is 0. The van der Waals surface area contributed by atoms with Gasteiger partial charge in [0.25, 0.3) is 0 Å². The maximum absolute atomic E-state index is 10.1. The molecule has 0 aromatic carbocycles. The minimum atomic E-state index is -2.36. The Kier molecular flexibility index (Phi) is 24.5. The van der Waals surface area contributed by atoms with Crippen molar-refractivity contribution in [1.29, 1.82) is 0 Å². The van der Waals surface area contributed by atoms with E-state index in [2.05, 4.69) is 6.92 Å². The first-order valence-electron chi connectivity index (χ1n) is 12.5. The fourth-order valence-electron chi connectivity index (χ4n) is 3.33. The summed E-state index contributed by atoms with van der Waals surface area (Å²) in [4.78, 5) is 20.2. The van der Waals surface area contributed by atoms with Gasteiger partial charge in [-0.3, -0.25) is 0 Å². The summed E-state index contributed by atoms with van der Waals surface area (Å²) in [6.07, 6.45) is 12.9. The largest absolute Gasteiger partial charge is 0.479 e. The Bertz CT molecular complexity index is 419. The SMILES string of the molecule is CCCCCCCCCCCCCCCCCCO.O=C(O)[C@@H](O)[C@@H](O)[C@H](O)[C@@H](O)C(=O)O. The average molecular weight is 481 g/mol. The van der Waals surface area contributed by atoms with Crippen molar-refractivity contribution in [2.45, 2.75) is 134 Å². The van der Waals surface area contributed by atoms with Crippen molar-refractivity contribution in [3.05, 3.63) is 0 Å². The quantitative estimate of drug-likeness (QED) is 0.122. The highest BCUT2D eigenvalue weighted by atomic mass is 16.4. The van der Waals surface area contributed by atoms with Crippen LogP contribution in [0.3, 0.4) is 0 Å². The first kappa shape index (κ1) is 33.9. The summed E-state index contributed by atoms with van der Waals surface area (Å²) < 4.78 is 0. The van der Waals surface area contributed by atoms with Crippen LogP contribution in [0.5, 0.6) is 0 Å². The van der Waals surface area contributed by atoms with Crippen molar-refractivity contribution in [3.8, 4) is 0 Å². The van der Waals surface area contributed by atoms with Crippen molar-refractivity contribution >= 4 is 11.9 Å². The molecule has 0 aliphatic heterocycles. The predicted octanol–water partition coefficient (Wildman–Crippen LogP) is 2.84. The zero-order valence-corrected chi connectivity index (χ0v) is 20.3. The summed E-state index contributed by atoms with van der Waals surface area (Å²) in [7, 11) is 0. The Labute approximate surface area is 198 Å². The van der Waals surface area contributed by atoms with Gasteiger partial charge in [-0.1, -0.05) is 103 Å². The first-order valence-corrected chi connectivity index (χ1v) is 12.5. The van der Waals surface area contributed by atoms with Crippen LogP contribution in [0.1, 0.15) is 110 Å². The van der Waals surface area contributed by atoms with E-state index in [1.807, 2.05) is 0 Å². The van der Waals surface area contributed by atoms with Crippen LogP contribution in [0.2, 0.25) is 0 Å². The minimum absolute atomic E-state index is 0.373. The molecule has 0 aromatic heterocycles. The number of rotatable bonds is 21. The maximum atomic E-state index is 10.1. The molecule has 0 aliphatic rings. The number of carboxylic acid groups (broad SMARTS) is 2. The van der Waals surface area contributed by atoms with Gasteiger partial charge in [-0.05, 0) is 6.42 Å². The molecule has 0 amide bonds. The van der Waals surface area contributed by atoms with E-state index in [0.29, 0.717) is 6.61 Å². The molecule has 7 N–H and O–H groups in total. The van der Waals surface area contributed by atoms with E-state index in [9.17, 15) is 9.59 Å². The molecule has 0 heterocycles. The van der Waals surface area contributed by atoms with Crippen LogP contribution in [0.25, 0.3) is 0 Å². The number of aliphatic hydroxyl groups is 5. The summed E-state index contributed by atoms with van der Waals surface area (Å²) in [6, 6.07) is 0. The van der Waals surface area contributed by atoms with Gasteiger partial charge >= 0.3 is 11.9 Å². The van der Waals surface area contributed by atoms with Gasteiger partial charge in [0.15, 0.2) is 12.2 Å². The third-order valence-corrected chi connectivity index (χ3v) is 5.51. The Balaban J connectivity index is 0. The van der Waals surface area contributed by atoms with Gasteiger partial charge in [-0.2, -0.15) is 0 Å². The van der Waals surface area contributed by atoms with Crippen LogP contribution in [-0.4, -0.2) is 78.7 Å². The Hall–Kier alpha value is -1.26. The summed E-state index contributed by atoms with van der Waals surface area (Å²) in [5.74, 6) is -3.68. The third-order valence-electron chi connectivity index (χ3n) is 5.51. The molecule has 0 unspecified atom stereocenters. The van der Waals surface area contributed by atoms with E-state index in [1.165, 1.54) is 96.3 Å². The predicted molar refractivity (Wildman–Crippen MR) is 126 cm³/mol. The Morgan fingerprint density at radius 1 is 0.515 bits per heavy atom. The highest BCUT2D eigenvalue weighted by Crippen LogP contribution is 2.13.